The van der Waals surface area contributed by atoms with E-state index < -0.39 is 40.8 Å². The summed E-state index contributed by atoms with van der Waals surface area (Å²) in [6.07, 6.45) is 0. The van der Waals surface area contributed by atoms with Crippen LogP contribution >= 0.6 is 0 Å². The van der Waals surface area contributed by atoms with E-state index in [1.165, 1.54) is 20.8 Å². The van der Waals surface area contributed by atoms with Crippen molar-refractivity contribution in [1.29, 1.82) is 0 Å². The van der Waals surface area contributed by atoms with Crippen molar-refractivity contribution in [3.05, 3.63) is 29.6 Å². The molecule has 1 saturated heterocycles. The van der Waals surface area contributed by atoms with Crippen molar-refractivity contribution in [3.8, 4) is 0 Å². The molecular weight excluding hydrogens is 273 g/mol. The summed E-state index contributed by atoms with van der Waals surface area (Å²) in [4.78, 5) is 25.1. The summed E-state index contributed by atoms with van der Waals surface area (Å²) in [5, 5.41) is 2.50. The molecule has 1 aliphatic heterocycles. The molecule has 1 N–H and O–H groups in total. The lowest BCUT2D eigenvalue weighted by molar-refractivity contribution is -0.136. The SMILES string of the molecule is CC1C(=O)NC(C)(C)C(=O)N1c1cc(F)c(F)c(F)c1. The topological polar surface area (TPSA) is 49.4 Å². The molecule has 2 amide bonds. The molecule has 1 heterocycles. The zero-order chi connectivity index (χ0) is 15.2. The molecule has 108 valence electrons. The molecule has 0 spiro atoms. The third-order valence-electron chi connectivity index (χ3n) is 3.20. The quantitative estimate of drug-likeness (QED) is 0.799. The highest BCUT2D eigenvalue weighted by Gasteiger charge is 2.44. The smallest absolute Gasteiger partial charge is 0.252 e. The Morgan fingerprint density at radius 3 is 2.15 bits per heavy atom. The van der Waals surface area contributed by atoms with Crippen LogP contribution in [0.1, 0.15) is 20.8 Å². The molecule has 1 aliphatic rings. The van der Waals surface area contributed by atoms with Crippen LogP contribution < -0.4 is 10.2 Å². The Kier molecular flexibility index (Phi) is 3.23. The van der Waals surface area contributed by atoms with E-state index in [1.807, 2.05) is 0 Å². The lowest BCUT2D eigenvalue weighted by Gasteiger charge is -2.41. The van der Waals surface area contributed by atoms with Gasteiger partial charge in [0.05, 0.1) is 5.69 Å². The molecule has 4 nitrogen and oxygen atoms in total. The second-order valence-electron chi connectivity index (χ2n) is 5.19. The van der Waals surface area contributed by atoms with Crippen LogP contribution in [-0.4, -0.2) is 23.4 Å². The van der Waals surface area contributed by atoms with Gasteiger partial charge >= 0.3 is 0 Å². The minimum atomic E-state index is -1.62. The number of carbonyl (C=O) groups is 2. The fourth-order valence-corrected chi connectivity index (χ4v) is 2.08. The van der Waals surface area contributed by atoms with Crippen molar-refractivity contribution in [1.82, 2.24) is 5.32 Å². The summed E-state index contributed by atoms with van der Waals surface area (Å²) >= 11 is 0. The number of benzene rings is 1. The number of nitrogens with one attached hydrogen (secondary N) is 1. The second-order valence-corrected chi connectivity index (χ2v) is 5.19. The molecule has 0 bridgehead atoms. The third kappa shape index (κ3) is 2.13. The minimum absolute atomic E-state index is 0.193. The summed E-state index contributed by atoms with van der Waals surface area (Å²) in [6.45, 7) is 4.37. The number of amides is 2. The lowest BCUT2D eigenvalue weighted by Crippen LogP contribution is -2.67. The molecular formula is C13H13F3N2O2. The van der Waals surface area contributed by atoms with Crippen LogP contribution in [0.15, 0.2) is 12.1 Å². The van der Waals surface area contributed by atoms with Crippen molar-refractivity contribution in [2.24, 2.45) is 0 Å². The maximum Gasteiger partial charge on any atom is 0.252 e. The number of carbonyl (C=O) groups excluding carboxylic acids is 2. The Bertz CT molecular complexity index is 578. The van der Waals surface area contributed by atoms with Crippen molar-refractivity contribution < 1.29 is 22.8 Å². The van der Waals surface area contributed by atoms with Gasteiger partial charge in [0.2, 0.25) is 5.91 Å². The van der Waals surface area contributed by atoms with Gasteiger partial charge in [-0.3, -0.25) is 14.5 Å². The number of hydrogen-bond donors (Lipinski definition) is 1. The van der Waals surface area contributed by atoms with Crippen LogP contribution in [0.5, 0.6) is 0 Å². The van der Waals surface area contributed by atoms with Crippen LogP contribution in [0.4, 0.5) is 18.9 Å². The average molecular weight is 286 g/mol. The van der Waals surface area contributed by atoms with E-state index in [2.05, 4.69) is 5.32 Å². The highest BCUT2D eigenvalue weighted by molar-refractivity contribution is 6.10. The molecule has 0 aromatic heterocycles. The van der Waals surface area contributed by atoms with Crippen LogP contribution in [0.25, 0.3) is 0 Å². The van der Waals surface area contributed by atoms with Crippen LogP contribution in [0, 0.1) is 17.5 Å². The number of hydrogen-bond acceptors (Lipinski definition) is 2. The monoisotopic (exact) mass is 286 g/mol. The summed E-state index contributed by atoms with van der Waals surface area (Å²) in [5.41, 5.74) is -1.40. The van der Waals surface area contributed by atoms with Gasteiger partial charge in [0.25, 0.3) is 5.91 Å². The standard InChI is InChI=1S/C13H13F3N2O2/c1-6-11(19)17-13(2,3)12(20)18(6)7-4-8(14)10(16)9(15)5-7/h4-6H,1-3H3,(H,17,19). The molecule has 1 aromatic rings. The first-order valence-corrected chi connectivity index (χ1v) is 5.95. The Balaban J connectivity index is 2.54. The molecule has 2 rings (SSSR count). The molecule has 1 aromatic carbocycles. The second kappa shape index (κ2) is 4.50. The van der Waals surface area contributed by atoms with Gasteiger partial charge in [-0.15, -0.1) is 0 Å². The zero-order valence-electron chi connectivity index (χ0n) is 11.1. The van der Waals surface area contributed by atoms with E-state index in [-0.39, 0.29) is 5.69 Å². The predicted octanol–water partition coefficient (Wildman–Crippen LogP) is 1.73. The van der Waals surface area contributed by atoms with E-state index in [9.17, 15) is 22.8 Å². The third-order valence-corrected chi connectivity index (χ3v) is 3.20. The molecule has 7 heteroatoms. The van der Waals surface area contributed by atoms with Gasteiger partial charge in [-0.2, -0.15) is 0 Å². The Labute approximate surface area is 113 Å². The normalized spacial score (nSPS) is 21.9. The number of rotatable bonds is 1. The molecule has 1 fully saturated rings. The number of halogens is 3. The molecule has 1 unspecified atom stereocenters. The molecule has 1 atom stereocenters. The first-order chi connectivity index (χ1) is 9.15. The largest absolute Gasteiger partial charge is 0.340 e. The van der Waals surface area contributed by atoms with Crippen molar-refractivity contribution >= 4 is 17.5 Å². The van der Waals surface area contributed by atoms with Crippen LogP contribution in [0.3, 0.4) is 0 Å². The van der Waals surface area contributed by atoms with Gasteiger partial charge in [0, 0.05) is 12.1 Å². The fourth-order valence-electron chi connectivity index (χ4n) is 2.08. The maximum atomic E-state index is 13.3. The highest BCUT2D eigenvalue weighted by atomic mass is 19.2. The molecule has 20 heavy (non-hydrogen) atoms. The van der Waals surface area contributed by atoms with Gasteiger partial charge in [-0.1, -0.05) is 0 Å². The van der Waals surface area contributed by atoms with E-state index in [0.29, 0.717) is 12.1 Å². The van der Waals surface area contributed by atoms with Gasteiger partial charge in [0.15, 0.2) is 17.5 Å². The zero-order valence-corrected chi connectivity index (χ0v) is 11.1. The summed E-state index contributed by atoms with van der Waals surface area (Å²) in [7, 11) is 0. The molecule has 0 aliphatic carbocycles. The first-order valence-electron chi connectivity index (χ1n) is 5.95. The average Bonchev–Trinajstić information content (AvgIpc) is 2.33. The van der Waals surface area contributed by atoms with E-state index >= 15 is 0 Å². The number of anilines is 1. The minimum Gasteiger partial charge on any atom is -0.340 e. The summed E-state index contributed by atoms with van der Waals surface area (Å²) < 4.78 is 39.5. The summed E-state index contributed by atoms with van der Waals surface area (Å²) in [6, 6.07) is 0.447. The van der Waals surface area contributed by atoms with Crippen molar-refractivity contribution in [3.63, 3.8) is 0 Å². The maximum absolute atomic E-state index is 13.3. The van der Waals surface area contributed by atoms with E-state index in [0.717, 1.165) is 4.90 Å². The lowest BCUT2D eigenvalue weighted by atomic mass is 9.96. The van der Waals surface area contributed by atoms with Gasteiger partial charge in [-0.05, 0) is 20.8 Å². The Hall–Kier alpha value is -2.05. The summed E-state index contributed by atoms with van der Waals surface area (Å²) in [5.74, 6) is -5.43. The van der Waals surface area contributed by atoms with Crippen molar-refractivity contribution in [2.45, 2.75) is 32.4 Å². The highest BCUT2D eigenvalue weighted by Crippen LogP contribution is 2.28. The van der Waals surface area contributed by atoms with Gasteiger partial charge < -0.3 is 5.32 Å². The predicted molar refractivity (Wildman–Crippen MR) is 65.5 cm³/mol. The molecule has 0 radical (unpaired) electrons. The Morgan fingerprint density at radius 1 is 1.15 bits per heavy atom. The van der Waals surface area contributed by atoms with Crippen LogP contribution in [0.2, 0.25) is 0 Å². The fraction of sp³-hybridized carbons (Fsp3) is 0.385. The van der Waals surface area contributed by atoms with E-state index in [1.54, 1.807) is 0 Å². The Morgan fingerprint density at radius 2 is 1.65 bits per heavy atom. The number of nitrogens with zero attached hydrogens (tertiary/aromatic N) is 1. The van der Waals surface area contributed by atoms with E-state index in [4.69, 9.17) is 0 Å². The van der Waals surface area contributed by atoms with Gasteiger partial charge in [-0.25, -0.2) is 13.2 Å². The molecule has 0 saturated carbocycles. The first kappa shape index (κ1) is 14.4. The van der Waals surface area contributed by atoms with Crippen LogP contribution in [-0.2, 0) is 9.59 Å². The van der Waals surface area contributed by atoms with Crippen molar-refractivity contribution in [2.75, 3.05) is 4.90 Å². The van der Waals surface area contributed by atoms with Gasteiger partial charge in [0.1, 0.15) is 11.6 Å². The number of piperazine rings is 1.